The number of carbonyl (C=O) groups excluding carboxylic acids is 3. The van der Waals surface area contributed by atoms with E-state index in [2.05, 4.69) is 0 Å². The molecule has 0 aromatic carbocycles. The Hall–Kier alpha value is -1.65. The van der Waals surface area contributed by atoms with E-state index in [4.69, 9.17) is 9.47 Å². The first-order chi connectivity index (χ1) is 10.5. The number of allylic oxidation sites excluding steroid dienone is 1. The van der Waals surface area contributed by atoms with Gasteiger partial charge in [0.25, 0.3) is 0 Å². The lowest BCUT2D eigenvalue weighted by Crippen LogP contribution is -2.66. The SMILES string of the molecule is C/C=C/C(=O)OC1(C(C)C)C2CCC3C(C(=O)OC31)C2C=O. The van der Waals surface area contributed by atoms with Gasteiger partial charge in [0.05, 0.1) is 5.92 Å². The van der Waals surface area contributed by atoms with Crippen molar-refractivity contribution in [2.24, 2.45) is 29.6 Å². The molecule has 22 heavy (non-hydrogen) atoms. The monoisotopic (exact) mass is 306 g/mol. The molecule has 4 bridgehead atoms. The minimum atomic E-state index is -0.895. The molecule has 1 heterocycles. The second kappa shape index (κ2) is 5.21. The summed E-state index contributed by atoms with van der Waals surface area (Å²) in [5.41, 5.74) is -0.895. The minimum absolute atomic E-state index is 0.0199. The van der Waals surface area contributed by atoms with Crippen LogP contribution in [0.4, 0.5) is 0 Å². The Morgan fingerprint density at radius 3 is 2.73 bits per heavy atom. The van der Waals surface area contributed by atoms with Gasteiger partial charge in [-0.25, -0.2) is 4.79 Å². The van der Waals surface area contributed by atoms with Crippen LogP contribution in [-0.2, 0) is 23.9 Å². The van der Waals surface area contributed by atoms with Crippen molar-refractivity contribution in [3.05, 3.63) is 12.2 Å². The summed E-state index contributed by atoms with van der Waals surface area (Å²) in [6.07, 6.45) is 5.08. The van der Waals surface area contributed by atoms with Gasteiger partial charge in [0.1, 0.15) is 12.4 Å². The molecule has 0 N–H and O–H groups in total. The highest BCUT2D eigenvalue weighted by Crippen LogP contribution is 2.61. The lowest BCUT2D eigenvalue weighted by molar-refractivity contribution is -0.227. The zero-order chi connectivity index (χ0) is 16.1. The summed E-state index contributed by atoms with van der Waals surface area (Å²) in [7, 11) is 0. The van der Waals surface area contributed by atoms with Crippen LogP contribution in [0.1, 0.15) is 33.6 Å². The summed E-state index contributed by atoms with van der Waals surface area (Å²) < 4.78 is 11.5. The van der Waals surface area contributed by atoms with E-state index < -0.39 is 23.6 Å². The van der Waals surface area contributed by atoms with Crippen LogP contribution >= 0.6 is 0 Å². The van der Waals surface area contributed by atoms with E-state index in [9.17, 15) is 14.4 Å². The molecule has 0 spiro atoms. The second-order valence-corrected chi connectivity index (χ2v) is 6.87. The molecule has 5 nitrogen and oxygen atoms in total. The first kappa shape index (κ1) is 15.3. The molecule has 0 aromatic rings. The van der Waals surface area contributed by atoms with Gasteiger partial charge >= 0.3 is 11.9 Å². The zero-order valence-electron chi connectivity index (χ0n) is 13.2. The molecule has 4 rings (SSSR count). The molecule has 6 atom stereocenters. The van der Waals surface area contributed by atoms with E-state index in [1.54, 1.807) is 13.0 Å². The van der Waals surface area contributed by atoms with Gasteiger partial charge in [0, 0.05) is 23.8 Å². The predicted molar refractivity (Wildman–Crippen MR) is 77.6 cm³/mol. The number of esters is 2. The molecule has 4 aliphatic rings. The highest BCUT2D eigenvalue weighted by atomic mass is 16.6. The normalized spacial score (nSPS) is 42.7. The molecule has 120 valence electrons. The molecule has 1 aliphatic heterocycles. The van der Waals surface area contributed by atoms with E-state index in [1.807, 2.05) is 13.8 Å². The number of ether oxygens (including phenoxy) is 2. The highest BCUT2D eigenvalue weighted by Gasteiger charge is 2.72. The first-order valence-corrected chi connectivity index (χ1v) is 7.98. The van der Waals surface area contributed by atoms with Gasteiger partial charge in [0.2, 0.25) is 0 Å². The van der Waals surface area contributed by atoms with Gasteiger partial charge < -0.3 is 14.3 Å². The molecule has 4 fully saturated rings. The molecule has 6 unspecified atom stereocenters. The average molecular weight is 306 g/mol. The summed E-state index contributed by atoms with van der Waals surface area (Å²) in [6, 6.07) is 0. The predicted octanol–water partition coefficient (Wildman–Crippen LogP) is 1.90. The zero-order valence-corrected chi connectivity index (χ0v) is 13.2. The third-order valence-electron chi connectivity index (χ3n) is 5.72. The number of rotatable bonds is 4. The molecule has 3 aliphatic carbocycles. The fraction of sp³-hybridized carbons (Fsp3) is 0.706. The molecule has 0 aromatic heterocycles. The Morgan fingerprint density at radius 2 is 2.14 bits per heavy atom. The molecule has 0 radical (unpaired) electrons. The van der Waals surface area contributed by atoms with Crippen LogP contribution in [0.15, 0.2) is 12.2 Å². The van der Waals surface area contributed by atoms with Crippen molar-refractivity contribution in [2.45, 2.75) is 45.3 Å². The molecular weight excluding hydrogens is 284 g/mol. The van der Waals surface area contributed by atoms with Gasteiger partial charge in [0.15, 0.2) is 5.60 Å². The maximum atomic E-state index is 12.2. The first-order valence-electron chi connectivity index (χ1n) is 7.98. The molecule has 0 amide bonds. The quantitative estimate of drug-likeness (QED) is 0.451. The van der Waals surface area contributed by atoms with Gasteiger partial charge in [-0.1, -0.05) is 19.9 Å². The Kier molecular flexibility index (Phi) is 3.62. The maximum absolute atomic E-state index is 12.2. The van der Waals surface area contributed by atoms with Gasteiger partial charge in [-0.05, 0) is 25.7 Å². The maximum Gasteiger partial charge on any atom is 0.331 e. The Bertz CT molecular complexity index is 537. The van der Waals surface area contributed by atoms with E-state index in [0.717, 1.165) is 19.1 Å². The van der Waals surface area contributed by atoms with Crippen LogP contribution in [0.5, 0.6) is 0 Å². The van der Waals surface area contributed by atoms with E-state index >= 15 is 0 Å². The number of hydrogen-bond acceptors (Lipinski definition) is 5. The average Bonchev–Trinajstić information content (AvgIpc) is 2.78. The van der Waals surface area contributed by atoms with Crippen LogP contribution in [0.25, 0.3) is 0 Å². The van der Waals surface area contributed by atoms with Gasteiger partial charge in [-0.2, -0.15) is 0 Å². The Morgan fingerprint density at radius 1 is 1.41 bits per heavy atom. The summed E-state index contributed by atoms with van der Waals surface area (Å²) in [5, 5.41) is 0. The number of carbonyl (C=O) groups is 3. The number of hydrogen-bond donors (Lipinski definition) is 0. The lowest BCUT2D eigenvalue weighted by atomic mass is 9.50. The third-order valence-corrected chi connectivity index (χ3v) is 5.72. The van der Waals surface area contributed by atoms with Crippen LogP contribution in [0, 0.1) is 29.6 Å². The van der Waals surface area contributed by atoms with Gasteiger partial charge in [-0.15, -0.1) is 0 Å². The van der Waals surface area contributed by atoms with E-state index in [-0.39, 0.29) is 29.6 Å². The van der Waals surface area contributed by atoms with Crippen LogP contribution in [-0.4, -0.2) is 29.9 Å². The van der Waals surface area contributed by atoms with Crippen molar-refractivity contribution in [3.8, 4) is 0 Å². The van der Waals surface area contributed by atoms with Gasteiger partial charge in [-0.3, -0.25) is 4.79 Å². The summed E-state index contributed by atoms with van der Waals surface area (Å²) in [4.78, 5) is 36.0. The Labute approximate surface area is 130 Å². The minimum Gasteiger partial charge on any atom is -0.458 e. The summed E-state index contributed by atoms with van der Waals surface area (Å²) in [6.45, 7) is 5.68. The van der Waals surface area contributed by atoms with Crippen molar-refractivity contribution >= 4 is 18.2 Å². The fourth-order valence-corrected chi connectivity index (χ4v) is 4.94. The largest absolute Gasteiger partial charge is 0.458 e. The smallest absolute Gasteiger partial charge is 0.331 e. The molecule has 1 saturated heterocycles. The standard InChI is InChI=1S/C17H22O5/c1-4-5-13(19)22-17(9(2)3)12-7-6-10-14(11(12)8-18)16(20)21-15(10)17/h4-5,8-12,14-15H,6-7H2,1-3H3/b5-4+. The molecule has 5 heteroatoms. The highest BCUT2D eigenvalue weighted by molar-refractivity contribution is 5.84. The molecule has 3 saturated carbocycles. The second-order valence-electron chi connectivity index (χ2n) is 6.87. The number of fused-ring (bicyclic) bond motifs is 1. The van der Waals surface area contributed by atoms with Crippen LogP contribution in [0.2, 0.25) is 0 Å². The van der Waals surface area contributed by atoms with Crippen molar-refractivity contribution in [1.82, 2.24) is 0 Å². The van der Waals surface area contributed by atoms with E-state index in [0.29, 0.717) is 0 Å². The fourth-order valence-electron chi connectivity index (χ4n) is 4.94. The van der Waals surface area contributed by atoms with Crippen molar-refractivity contribution < 1.29 is 23.9 Å². The van der Waals surface area contributed by atoms with Crippen LogP contribution < -0.4 is 0 Å². The van der Waals surface area contributed by atoms with Crippen molar-refractivity contribution in [2.75, 3.05) is 0 Å². The van der Waals surface area contributed by atoms with Crippen molar-refractivity contribution in [3.63, 3.8) is 0 Å². The topological polar surface area (TPSA) is 69.7 Å². The lowest BCUT2D eigenvalue weighted by Gasteiger charge is -2.56. The number of aldehydes is 1. The molecular formula is C17H22O5. The summed E-state index contributed by atoms with van der Waals surface area (Å²) in [5.74, 6) is -1.71. The van der Waals surface area contributed by atoms with E-state index in [1.165, 1.54) is 6.08 Å². The van der Waals surface area contributed by atoms with Crippen LogP contribution in [0.3, 0.4) is 0 Å². The van der Waals surface area contributed by atoms with Crippen molar-refractivity contribution in [1.29, 1.82) is 0 Å². The third kappa shape index (κ3) is 1.80. The Balaban J connectivity index is 2.07. The summed E-state index contributed by atoms with van der Waals surface area (Å²) >= 11 is 0.